The van der Waals surface area contributed by atoms with Gasteiger partial charge in [-0.15, -0.1) is 0 Å². The number of likely N-dealkylation sites (tertiary alicyclic amines) is 1. The molecule has 8 nitrogen and oxygen atoms in total. The number of hydrogen-bond donors (Lipinski definition) is 0. The summed E-state index contributed by atoms with van der Waals surface area (Å²) in [6.07, 6.45) is 10.2. The molecule has 1 aliphatic carbocycles. The fourth-order valence-electron chi connectivity index (χ4n) is 6.22. The lowest BCUT2D eigenvalue weighted by molar-refractivity contribution is -0.0336. The summed E-state index contributed by atoms with van der Waals surface area (Å²) in [5.41, 5.74) is 2.64. The third kappa shape index (κ3) is 4.81. The molecule has 0 N–H and O–H groups in total. The first-order chi connectivity index (χ1) is 17.8. The first-order valence-corrected chi connectivity index (χ1v) is 15.2. The van der Waals surface area contributed by atoms with Crippen molar-refractivity contribution in [2.24, 2.45) is 0 Å². The Hall–Kier alpha value is -2.36. The van der Waals surface area contributed by atoms with Crippen LogP contribution in [0.3, 0.4) is 0 Å². The molecular weight excluding hydrogens is 486 g/mol. The normalized spacial score (nSPS) is 22.6. The predicted molar refractivity (Wildman–Crippen MR) is 146 cm³/mol. The van der Waals surface area contributed by atoms with Gasteiger partial charge in [0.25, 0.3) is 0 Å². The third-order valence-electron chi connectivity index (χ3n) is 8.99. The van der Waals surface area contributed by atoms with Crippen LogP contribution in [0.15, 0.2) is 41.4 Å². The lowest BCUT2D eigenvalue weighted by atomic mass is 9.81. The van der Waals surface area contributed by atoms with E-state index in [0.29, 0.717) is 0 Å². The number of fused-ring (bicyclic) bond motifs is 1. The first kappa shape index (κ1) is 24.9. The fourth-order valence-corrected chi connectivity index (χ4v) is 7.07. The molecule has 200 valence electrons. The number of pyridine rings is 1. The van der Waals surface area contributed by atoms with Gasteiger partial charge < -0.3 is 19.4 Å². The van der Waals surface area contributed by atoms with Crippen LogP contribution in [0.25, 0.3) is 0 Å². The second-order valence-electron chi connectivity index (χ2n) is 11.3. The Kier molecular flexibility index (Phi) is 6.57. The molecule has 0 atom stereocenters. The maximum atomic E-state index is 12.3. The number of hydrogen-bond acceptors (Lipinski definition) is 7. The van der Waals surface area contributed by atoms with Gasteiger partial charge in [0.15, 0.2) is 0 Å². The maximum absolute atomic E-state index is 12.3. The van der Waals surface area contributed by atoms with Gasteiger partial charge in [-0.25, -0.2) is 17.7 Å². The van der Waals surface area contributed by atoms with Gasteiger partial charge in [0, 0.05) is 71.3 Å². The standard InChI is InChI=1S/C28H39N5O3S/c1-30(2)37(34,35)25-7-9-27(29-21-25)33-18-16-32(17-19-33)24-6-8-26-22(20-24)10-11-28(36-26)12-14-31(15-13-28)23-4-3-5-23/h6-9,20-21,23H,3-5,10-19H2,1-2H3. The van der Waals surface area contributed by atoms with E-state index in [1.54, 1.807) is 6.07 Å². The second kappa shape index (κ2) is 9.75. The highest BCUT2D eigenvalue weighted by molar-refractivity contribution is 7.89. The number of anilines is 2. The Bertz CT molecular complexity index is 1210. The number of benzene rings is 1. The predicted octanol–water partition coefficient (Wildman–Crippen LogP) is 3.37. The van der Waals surface area contributed by atoms with Crippen LogP contribution in [0.1, 0.15) is 44.1 Å². The maximum Gasteiger partial charge on any atom is 0.244 e. The van der Waals surface area contributed by atoms with Crippen molar-refractivity contribution in [3.63, 3.8) is 0 Å². The fraction of sp³-hybridized carbons (Fsp3) is 0.607. The Labute approximate surface area is 221 Å². The highest BCUT2D eigenvalue weighted by Gasteiger charge is 2.41. The van der Waals surface area contributed by atoms with Crippen molar-refractivity contribution in [1.82, 2.24) is 14.2 Å². The quantitative estimate of drug-likeness (QED) is 0.593. The van der Waals surface area contributed by atoms with Crippen LogP contribution in [-0.2, 0) is 16.4 Å². The summed E-state index contributed by atoms with van der Waals surface area (Å²) in [4.78, 5) is 12.0. The molecule has 4 aliphatic rings. The van der Waals surface area contributed by atoms with E-state index in [1.165, 1.54) is 68.2 Å². The van der Waals surface area contributed by atoms with Gasteiger partial charge in [-0.2, -0.15) is 0 Å². The summed E-state index contributed by atoms with van der Waals surface area (Å²) in [5.74, 6) is 1.91. The molecule has 1 aromatic heterocycles. The molecule has 0 bridgehead atoms. The van der Waals surface area contributed by atoms with Crippen LogP contribution >= 0.6 is 0 Å². The van der Waals surface area contributed by atoms with E-state index < -0.39 is 10.0 Å². The molecule has 2 aromatic rings. The van der Waals surface area contributed by atoms with Gasteiger partial charge in [0.2, 0.25) is 10.0 Å². The summed E-state index contributed by atoms with van der Waals surface area (Å²) >= 11 is 0. The first-order valence-electron chi connectivity index (χ1n) is 13.8. The second-order valence-corrected chi connectivity index (χ2v) is 13.5. The molecule has 0 radical (unpaired) electrons. The van der Waals surface area contributed by atoms with E-state index in [1.807, 2.05) is 6.07 Å². The molecular formula is C28H39N5O3S. The average Bonchev–Trinajstić information content (AvgIpc) is 2.89. The highest BCUT2D eigenvalue weighted by Crippen LogP contribution is 2.42. The molecule has 1 saturated carbocycles. The van der Waals surface area contributed by atoms with Crippen LogP contribution in [-0.4, -0.2) is 87.6 Å². The van der Waals surface area contributed by atoms with Gasteiger partial charge in [-0.05, 0) is 74.4 Å². The van der Waals surface area contributed by atoms with Crippen molar-refractivity contribution in [3.8, 4) is 5.75 Å². The number of piperazine rings is 1. The van der Waals surface area contributed by atoms with Gasteiger partial charge in [0.1, 0.15) is 22.1 Å². The van der Waals surface area contributed by atoms with E-state index in [2.05, 4.69) is 37.9 Å². The van der Waals surface area contributed by atoms with E-state index in [-0.39, 0.29) is 10.5 Å². The monoisotopic (exact) mass is 525 g/mol. The SMILES string of the molecule is CN(C)S(=O)(=O)c1ccc(N2CCN(c3ccc4c(c3)CCC3(CCN(C5CCC5)CC3)O4)CC2)nc1. The zero-order valence-electron chi connectivity index (χ0n) is 22.1. The molecule has 0 amide bonds. The molecule has 3 fully saturated rings. The molecule has 1 spiro atoms. The molecule has 6 rings (SSSR count). The van der Waals surface area contributed by atoms with Crippen molar-refractivity contribution >= 4 is 21.5 Å². The zero-order chi connectivity index (χ0) is 25.6. The lowest BCUT2D eigenvalue weighted by Crippen LogP contribution is -2.53. The van der Waals surface area contributed by atoms with Gasteiger partial charge in [0.05, 0.1) is 0 Å². The minimum absolute atomic E-state index is 0.0365. The molecule has 1 aromatic carbocycles. The molecule has 3 aliphatic heterocycles. The highest BCUT2D eigenvalue weighted by atomic mass is 32.2. The number of nitrogens with zero attached hydrogens (tertiary/aromatic N) is 5. The number of sulfonamides is 1. The average molecular weight is 526 g/mol. The summed E-state index contributed by atoms with van der Waals surface area (Å²) in [5, 5.41) is 0. The number of ether oxygens (including phenoxy) is 1. The van der Waals surface area contributed by atoms with Crippen LogP contribution in [0.5, 0.6) is 5.75 Å². The molecule has 2 saturated heterocycles. The smallest absolute Gasteiger partial charge is 0.244 e. The van der Waals surface area contributed by atoms with Crippen molar-refractivity contribution < 1.29 is 13.2 Å². The van der Waals surface area contributed by atoms with E-state index in [9.17, 15) is 8.42 Å². The van der Waals surface area contributed by atoms with Crippen LogP contribution in [0.4, 0.5) is 11.5 Å². The van der Waals surface area contributed by atoms with E-state index in [4.69, 9.17) is 4.74 Å². The molecule has 9 heteroatoms. The number of aryl methyl sites for hydroxylation is 1. The van der Waals surface area contributed by atoms with E-state index >= 15 is 0 Å². The minimum atomic E-state index is -3.46. The Morgan fingerprint density at radius 3 is 2.30 bits per heavy atom. The molecule has 4 heterocycles. The Morgan fingerprint density at radius 1 is 0.946 bits per heavy atom. The third-order valence-corrected chi connectivity index (χ3v) is 10.8. The summed E-state index contributed by atoms with van der Waals surface area (Å²) < 4.78 is 32.5. The summed E-state index contributed by atoms with van der Waals surface area (Å²) in [6, 6.07) is 11.1. The summed E-state index contributed by atoms with van der Waals surface area (Å²) in [7, 11) is -0.391. The lowest BCUT2D eigenvalue weighted by Gasteiger charge is -2.48. The Morgan fingerprint density at radius 2 is 1.68 bits per heavy atom. The molecule has 37 heavy (non-hydrogen) atoms. The minimum Gasteiger partial charge on any atom is -0.487 e. The number of rotatable bonds is 5. The van der Waals surface area contributed by atoms with Crippen molar-refractivity contribution in [1.29, 1.82) is 0 Å². The van der Waals surface area contributed by atoms with Gasteiger partial charge >= 0.3 is 0 Å². The summed E-state index contributed by atoms with van der Waals surface area (Å²) in [6.45, 7) is 5.87. The van der Waals surface area contributed by atoms with Crippen LogP contribution in [0.2, 0.25) is 0 Å². The van der Waals surface area contributed by atoms with Gasteiger partial charge in [-0.1, -0.05) is 6.42 Å². The largest absolute Gasteiger partial charge is 0.487 e. The van der Waals surface area contributed by atoms with Crippen molar-refractivity contribution in [3.05, 3.63) is 42.1 Å². The zero-order valence-corrected chi connectivity index (χ0v) is 22.9. The molecule has 0 unspecified atom stereocenters. The van der Waals surface area contributed by atoms with Crippen LogP contribution in [0, 0.1) is 0 Å². The van der Waals surface area contributed by atoms with E-state index in [0.717, 1.165) is 69.5 Å². The van der Waals surface area contributed by atoms with Gasteiger partial charge in [-0.3, -0.25) is 0 Å². The number of aromatic nitrogens is 1. The van der Waals surface area contributed by atoms with Crippen molar-refractivity contribution in [2.45, 2.75) is 61.5 Å². The topological polar surface area (TPSA) is 69.2 Å². The Balaban J connectivity index is 1.05. The van der Waals surface area contributed by atoms with Crippen LogP contribution < -0.4 is 14.5 Å². The number of piperidine rings is 1. The van der Waals surface area contributed by atoms with Crippen molar-refractivity contribution in [2.75, 3.05) is 63.2 Å².